The summed E-state index contributed by atoms with van der Waals surface area (Å²) in [4.78, 5) is 21.5. The molecule has 31 heavy (non-hydrogen) atoms. The highest BCUT2D eigenvalue weighted by Gasteiger charge is 2.23. The number of rotatable bonds is 8. The minimum absolute atomic E-state index is 0. The number of benzene rings is 2. The number of amides is 1. The molecule has 3 aromatic rings. The van der Waals surface area contributed by atoms with Crippen LogP contribution in [0.4, 0.5) is 5.13 Å². The normalized spacial score (nSPS) is 11.5. The number of fused-ring (bicyclic) bond motifs is 1. The van der Waals surface area contributed by atoms with Gasteiger partial charge in [0, 0.05) is 24.0 Å². The number of sulfone groups is 1. The monoisotopic (exact) mass is 545 g/mol. The van der Waals surface area contributed by atoms with Crippen LogP contribution < -0.4 is 4.90 Å². The van der Waals surface area contributed by atoms with Crippen LogP contribution in [0.1, 0.15) is 12.0 Å². The maximum absolute atomic E-state index is 13.0. The molecular formula is C21H25BrClN3O3S2. The van der Waals surface area contributed by atoms with Crippen LogP contribution in [0.5, 0.6) is 0 Å². The Balaban J connectivity index is 0.00000341. The number of aryl methyl sites for hydroxylation is 1. The van der Waals surface area contributed by atoms with E-state index in [0.717, 1.165) is 20.3 Å². The highest BCUT2D eigenvalue weighted by molar-refractivity contribution is 9.10. The van der Waals surface area contributed by atoms with Crippen LogP contribution >= 0.6 is 39.7 Å². The first kappa shape index (κ1) is 25.7. The van der Waals surface area contributed by atoms with Crippen LogP contribution in [0, 0.1) is 6.92 Å². The van der Waals surface area contributed by atoms with Crippen molar-refractivity contribution in [1.29, 1.82) is 0 Å². The molecule has 0 aliphatic rings. The summed E-state index contributed by atoms with van der Waals surface area (Å²) >= 11 is 4.88. The Morgan fingerprint density at radius 1 is 1.10 bits per heavy atom. The van der Waals surface area contributed by atoms with Crippen molar-refractivity contribution in [1.82, 2.24) is 9.88 Å². The van der Waals surface area contributed by atoms with E-state index in [1.165, 1.54) is 11.3 Å². The maximum Gasteiger partial charge on any atom is 0.229 e. The molecule has 3 rings (SSSR count). The Labute approximate surface area is 201 Å². The number of anilines is 1. The van der Waals surface area contributed by atoms with Crippen molar-refractivity contribution in [3.8, 4) is 0 Å². The average molecular weight is 547 g/mol. The molecule has 0 atom stereocenters. The molecule has 0 saturated carbocycles. The first-order valence-corrected chi connectivity index (χ1v) is 12.7. The quantitative estimate of drug-likeness (QED) is 0.415. The first-order valence-electron chi connectivity index (χ1n) is 9.46. The summed E-state index contributed by atoms with van der Waals surface area (Å²) in [6.07, 6.45) is -0.0940. The van der Waals surface area contributed by atoms with Crippen LogP contribution in [0.15, 0.2) is 51.8 Å². The molecule has 0 unspecified atom stereocenters. The molecule has 10 heteroatoms. The van der Waals surface area contributed by atoms with E-state index in [4.69, 9.17) is 0 Å². The largest absolute Gasteiger partial charge is 0.308 e. The Bertz CT molecular complexity index is 1150. The second kappa shape index (κ2) is 10.9. The molecule has 0 aliphatic carbocycles. The molecule has 1 aromatic heterocycles. The van der Waals surface area contributed by atoms with E-state index in [1.54, 1.807) is 29.2 Å². The van der Waals surface area contributed by atoms with Gasteiger partial charge in [0.2, 0.25) is 5.91 Å². The fourth-order valence-electron chi connectivity index (χ4n) is 2.85. The van der Waals surface area contributed by atoms with Crippen molar-refractivity contribution < 1.29 is 13.2 Å². The summed E-state index contributed by atoms with van der Waals surface area (Å²) in [6, 6.07) is 12.5. The number of hydrogen-bond donors (Lipinski definition) is 0. The lowest BCUT2D eigenvalue weighted by molar-refractivity contribution is -0.118. The van der Waals surface area contributed by atoms with Gasteiger partial charge >= 0.3 is 0 Å². The van der Waals surface area contributed by atoms with Gasteiger partial charge in [-0.1, -0.05) is 45.0 Å². The predicted molar refractivity (Wildman–Crippen MR) is 133 cm³/mol. The molecule has 0 bridgehead atoms. The lowest BCUT2D eigenvalue weighted by Gasteiger charge is -2.22. The van der Waals surface area contributed by atoms with Gasteiger partial charge in [-0.25, -0.2) is 13.4 Å². The van der Waals surface area contributed by atoms with E-state index in [-0.39, 0.29) is 35.4 Å². The molecule has 0 N–H and O–H groups in total. The minimum atomic E-state index is -3.53. The highest BCUT2D eigenvalue weighted by Crippen LogP contribution is 2.31. The van der Waals surface area contributed by atoms with Gasteiger partial charge in [0.25, 0.3) is 0 Å². The first-order chi connectivity index (χ1) is 14.2. The molecule has 168 valence electrons. The van der Waals surface area contributed by atoms with Crippen molar-refractivity contribution in [3.63, 3.8) is 0 Å². The number of halogens is 2. The number of carbonyl (C=O) groups is 1. The predicted octanol–water partition coefficient (Wildman–Crippen LogP) is 4.55. The van der Waals surface area contributed by atoms with E-state index in [1.807, 2.05) is 44.1 Å². The zero-order valence-corrected chi connectivity index (χ0v) is 21.6. The zero-order chi connectivity index (χ0) is 21.9. The molecule has 0 fully saturated rings. The summed E-state index contributed by atoms with van der Waals surface area (Å²) in [5.41, 5.74) is 1.80. The van der Waals surface area contributed by atoms with Crippen LogP contribution in [0.25, 0.3) is 10.2 Å². The van der Waals surface area contributed by atoms with Crippen molar-refractivity contribution in [2.45, 2.75) is 18.2 Å². The Kier molecular flexibility index (Phi) is 9.03. The number of thiazole rings is 1. The number of carbonyl (C=O) groups excluding carboxylic acids is 1. The second-order valence-electron chi connectivity index (χ2n) is 7.34. The third-order valence-corrected chi connectivity index (χ3v) is 7.87. The molecule has 0 radical (unpaired) electrons. The average Bonchev–Trinajstić information content (AvgIpc) is 3.09. The topological polar surface area (TPSA) is 70.6 Å². The fraction of sp³-hybridized carbons (Fsp3) is 0.333. The Hall–Kier alpha value is -1.52. The van der Waals surface area contributed by atoms with Gasteiger partial charge in [0.1, 0.15) is 0 Å². The van der Waals surface area contributed by atoms with Gasteiger partial charge < -0.3 is 4.90 Å². The molecule has 0 spiro atoms. The summed E-state index contributed by atoms with van der Waals surface area (Å²) in [7, 11) is 0.331. The van der Waals surface area contributed by atoms with Crippen LogP contribution in [0.3, 0.4) is 0 Å². The summed E-state index contributed by atoms with van der Waals surface area (Å²) in [6.45, 7) is 2.99. The fourth-order valence-corrected chi connectivity index (χ4v) is 5.64. The SMILES string of the molecule is Cc1ccc(S(=O)(=O)CCC(=O)N(CCN(C)C)c2nc3ccc(Br)cc3s2)cc1.Cl. The number of nitrogens with zero attached hydrogens (tertiary/aromatic N) is 3. The minimum Gasteiger partial charge on any atom is -0.308 e. The summed E-state index contributed by atoms with van der Waals surface area (Å²) in [5, 5.41) is 0.586. The smallest absolute Gasteiger partial charge is 0.229 e. The Morgan fingerprint density at radius 2 is 1.77 bits per heavy atom. The zero-order valence-electron chi connectivity index (χ0n) is 17.5. The van der Waals surface area contributed by atoms with E-state index < -0.39 is 9.84 Å². The van der Waals surface area contributed by atoms with Crippen LogP contribution in [-0.4, -0.2) is 57.1 Å². The number of likely N-dealkylation sites (N-methyl/N-ethyl adjacent to an activating group) is 1. The van der Waals surface area contributed by atoms with E-state index in [0.29, 0.717) is 18.2 Å². The van der Waals surface area contributed by atoms with Gasteiger partial charge in [-0.3, -0.25) is 9.69 Å². The molecule has 6 nitrogen and oxygen atoms in total. The standard InChI is InChI=1S/C21H24BrN3O3S2.ClH/c1-15-4-7-17(8-5-15)30(27,28)13-10-20(26)25(12-11-24(2)3)21-23-18-9-6-16(22)14-19(18)29-21;/h4-9,14H,10-13H2,1-3H3;1H. The molecule has 2 aromatic carbocycles. The summed E-state index contributed by atoms with van der Waals surface area (Å²) < 4.78 is 27.2. The van der Waals surface area contributed by atoms with Crippen molar-refractivity contribution >= 4 is 70.8 Å². The highest BCUT2D eigenvalue weighted by atomic mass is 79.9. The van der Waals surface area contributed by atoms with Gasteiger partial charge in [0.05, 0.1) is 20.9 Å². The van der Waals surface area contributed by atoms with Crippen LogP contribution in [-0.2, 0) is 14.6 Å². The molecular weight excluding hydrogens is 522 g/mol. The third-order valence-electron chi connectivity index (χ3n) is 4.61. The lowest BCUT2D eigenvalue weighted by atomic mass is 10.2. The third kappa shape index (κ3) is 6.73. The molecule has 1 amide bonds. The number of aromatic nitrogens is 1. The molecule has 0 saturated heterocycles. The summed E-state index contributed by atoms with van der Waals surface area (Å²) in [5.74, 6) is -0.477. The van der Waals surface area contributed by atoms with Crippen molar-refractivity contribution in [2.75, 3.05) is 37.8 Å². The molecule has 1 heterocycles. The number of hydrogen-bond acceptors (Lipinski definition) is 6. The van der Waals surface area contributed by atoms with Gasteiger partial charge in [0.15, 0.2) is 15.0 Å². The van der Waals surface area contributed by atoms with Gasteiger partial charge in [-0.15, -0.1) is 12.4 Å². The maximum atomic E-state index is 13.0. The molecule has 0 aliphatic heterocycles. The van der Waals surface area contributed by atoms with E-state index in [2.05, 4.69) is 20.9 Å². The van der Waals surface area contributed by atoms with Crippen molar-refractivity contribution in [3.05, 3.63) is 52.5 Å². The Morgan fingerprint density at radius 3 is 2.42 bits per heavy atom. The van der Waals surface area contributed by atoms with E-state index >= 15 is 0 Å². The van der Waals surface area contributed by atoms with Crippen molar-refractivity contribution in [2.24, 2.45) is 0 Å². The van der Waals surface area contributed by atoms with Gasteiger partial charge in [-0.05, 0) is 51.4 Å². The second-order valence-corrected chi connectivity index (χ2v) is 11.4. The van der Waals surface area contributed by atoms with Crippen LogP contribution in [0.2, 0.25) is 0 Å². The van der Waals surface area contributed by atoms with E-state index in [9.17, 15) is 13.2 Å². The van der Waals surface area contributed by atoms with Gasteiger partial charge in [-0.2, -0.15) is 0 Å². The lowest BCUT2D eigenvalue weighted by Crippen LogP contribution is -2.37.